The zero-order valence-corrected chi connectivity index (χ0v) is 13.0. The highest BCUT2D eigenvalue weighted by molar-refractivity contribution is 6.18. The van der Waals surface area contributed by atoms with Crippen molar-refractivity contribution in [1.29, 1.82) is 0 Å². The van der Waals surface area contributed by atoms with E-state index in [0.717, 1.165) is 0 Å². The van der Waals surface area contributed by atoms with Gasteiger partial charge < -0.3 is 15.1 Å². The summed E-state index contributed by atoms with van der Waals surface area (Å²) in [5, 5.41) is 26.5. The van der Waals surface area contributed by atoms with E-state index in [4.69, 9.17) is 28.0 Å². The van der Waals surface area contributed by atoms with Crippen molar-refractivity contribution in [3.05, 3.63) is 23.5 Å². The zero-order chi connectivity index (χ0) is 16.1. The molecule has 22 heavy (non-hydrogen) atoms. The molecule has 0 spiro atoms. The Morgan fingerprint density at radius 3 is 2.50 bits per heavy atom. The number of rotatable bonds is 7. The third-order valence-electron chi connectivity index (χ3n) is 2.91. The number of aryl methyl sites for hydroxylation is 1. The molecule has 0 fully saturated rings. The molecule has 0 aliphatic carbocycles. The van der Waals surface area contributed by atoms with Crippen LogP contribution in [0.1, 0.15) is 24.2 Å². The van der Waals surface area contributed by atoms with Crippen LogP contribution in [-0.2, 0) is 23.1 Å². The average Bonchev–Trinajstić information content (AvgIpc) is 3.04. The van der Waals surface area contributed by atoms with E-state index in [1.165, 1.54) is 12.1 Å². The van der Waals surface area contributed by atoms with Gasteiger partial charge in [-0.1, -0.05) is 5.21 Å². The Balaban J connectivity index is 1.86. The first-order valence-electron chi connectivity index (χ1n) is 6.40. The molecule has 120 valence electrons. The summed E-state index contributed by atoms with van der Waals surface area (Å²) in [6.45, 7) is 0.421. The van der Waals surface area contributed by atoms with E-state index >= 15 is 0 Å². The Morgan fingerprint density at radius 1 is 1.23 bits per heavy atom. The maximum atomic E-state index is 11.7. The molecule has 2 heterocycles. The van der Waals surface area contributed by atoms with Crippen LogP contribution in [-0.4, -0.2) is 35.9 Å². The van der Waals surface area contributed by atoms with Gasteiger partial charge in [0, 0.05) is 25.1 Å². The lowest BCUT2D eigenvalue weighted by Crippen LogP contribution is -2.19. The molecule has 8 nitrogen and oxygen atoms in total. The normalized spacial score (nSPS) is 10.8. The number of aromatic hydroxyl groups is 2. The summed E-state index contributed by atoms with van der Waals surface area (Å²) in [5.41, 5.74) is 1.33. The number of hydrogen-bond donors (Lipinski definition) is 2. The van der Waals surface area contributed by atoms with Gasteiger partial charge in [-0.05, 0) is 6.42 Å². The highest BCUT2D eigenvalue weighted by atomic mass is 35.5. The largest absolute Gasteiger partial charge is 0.492 e. The minimum Gasteiger partial charge on any atom is -0.492 e. The van der Waals surface area contributed by atoms with Crippen molar-refractivity contribution in [2.75, 3.05) is 0 Å². The molecule has 0 unspecified atom stereocenters. The molecule has 2 N–H and O–H groups in total. The van der Waals surface area contributed by atoms with E-state index in [1.807, 2.05) is 0 Å². The highest BCUT2D eigenvalue weighted by Gasteiger charge is 2.14. The number of alkyl halides is 2. The monoisotopic (exact) mass is 348 g/mol. The predicted octanol–water partition coefficient (Wildman–Crippen LogP) is 1.40. The van der Waals surface area contributed by atoms with Crippen molar-refractivity contribution in [3.8, 4) is 11.8 Å². The second-order valence-electron chi connectivity index (χ2n) is 4.38. The number of carbonyl (C=O) groups is 1. The summed E-state index contributed by atoms with van der Waals surface area (Å²) >= 11 is 11.5. The lowest BCUT2D eigenvalue weighted by molar-refractivity contribution is -0.145. The minimum atomic E-state index is -0.605. The molecular weight excluding hydrogens is 335 g/mol. The smallest absolute Gasteiger partial charge is 0.333 e. The number of carbonyl (C=O) groups excluding carboxylic acids is 1. The van der Waals surface area contributed by atoms with E-state index in [-0.39, 0.29) is 29.9 Å². The molecule has 2 rings (SSSR count). The first-order valence-corrected chi connectivity index (χ1v) is 7.47. The molecule has 2 aromatic rings. The van der Waals surface area contributed by atoms with Crippen molar-refractivity contribution >= 4 is 29.2 Å². The van der Waals surface area contributed by atoms with E-state index in [0.29, 0.717) is 29.1 Å². The van der Waals surface area contributed by atoms with Gasteiger partial charge in [0.2, 0.25) is 11.8 Å². The molecule has 0 saturated heterocycles. The number of nitrogens with zero attached hydrogens (tertiary/aromatic N) is 4. The summed E-state index contributed by atoms with van der Waals surface area (Å²) in [4.78, 5) is 16.5. The average molecular weight is 349 g/mol. The van der Waals surface area contributed by atoms with Gasteiger partial charge in [-0.25, -0.2) is 9.48 Å². The Hall–Kier alpha value is -1.93. The fraction of sp³-hybridized carbons (Fsp3) is 0.417. The minimum absolute atomic E-state index is 0.0643. The summed E-state index contributed by atoms with van der Waals surface area (Å²) < 4.78 is 2.23. The van der Waals surface area contributed by atoms with Gasteiger partial charge in [-0.15, -0.1) is 33.0 Å². The maximum Gasteiger partial charge on any atom is 0.333 e. The second kappa shape index (κ2) is 7.37. The Bertz CT molecular complexity index is 636. The van der Waals surface area contributed by atoms with Crippen LogP contribution in [0.3, 0.4) is 0 Å². The molecule has 10 heteroatoms. The summed E-state index contributed by atoms with van der Waals surface area (Å²) in [6, 6.07) is 2.41. The van der Waals surface area contributed by atoms with Crippen LogP contribution in [0.25, 0.3) is 0 Å². The molecule has 0 amide bonds. The number of aromatic nitrogens is 4. The number of halogens is 2. The van der Waals surface area contributed by atoms with Gasteiger partial charge >= 0.3 is 5.97 Å². The first-order chi connectivity index (χ1) is 10.6. The van der Waals surface area contributed by atoms with E-state index in [1.54, 1.807) is 4.68 Å². The molecule has 0 aliphatic rings. The lowest BCUT2D eigenvalue weighted by Gasteiger charge is -2.07. The van der Waals surface area contributed by atoms with E-state index < -0.39 is 5.97 Å². The van der Waals surface area contributed by atoms with Gasteiger partial charge in [0.05, 0.1) is 17.5 Å². The van der Waals surface area contributed by atoms with Crippen LogP contribution in [0.4, 0.5) is 0 Å². The van der Waals surface area contributed by atoms with Crippen LogP contribution in [0.5, 0.6) is 11.8 Å². The van der Waals surface area contributed by atoms with Crippen LogP contribution in [0.15, 0.2) is 12.1 Å². The van der Waals surface area contributed by atoms with Crippen molar-refractivity contribution < 1.29 is 19.8 Å². The van der Waals surface area contributed by atoms with Gasteiger partial charge in [-0.3, -0.25) is 0 Å². The molecule has 0 saturated carbocycles. The summed E-state index contributed by atoms with van der Waals surface area (Å²) in [5.74, 6) is -0.885. The van der Waals surface area contributed by atoms with Crippen molar-refractivity contribution in [2.24, 2.45) is 0 Å². The molecule has 0 atom stereocenters. The van der Waals surface area contributed by atoms with E-state index in [2.05, 4.69) is 10.3 Å². The third kappa shape index (κ3) is 3.63. The van der Waals surface area contributed by atoms with Gasteiger partial charge in [0.1, 0.15) is 5.69 Å². The maximum absolute atomic E-state index is 11.7. The highest BCUT2D eigenvalue weighted by Crippen LogP contribution is 2.19. The standard InChI is InChI=1S/C12H14Cl2N4O4/c13-6-8-9(7-14)17(16-15-8)5-1-2-12(21)22-18-10(19)3-4-11(18)20/h3-4,19-20H,1-2,5-7H2. The van der Waals surface area contributed by atoms with Crippen molar-refractivity contribution in [2.45, 2.75) is 31.1 Å². The SMILES string of the molecule is O=C(CCCn1nnc(CCl)c1CCl)On1c(O)ccc1O. The summed E-state index contributed by atoms with van der Waals surface area (Å²) in [7, 11) is 0. The topological polar surface area (TPSA) is 102 Å². The van der Waals surface area contributed by atoms with Crippen molar-refractivity contribution in [3.63, 3.8) is 0 Å². The Labute approximate surface area is 135 Å². The Kier molecular flexibility index (Phi) is 5.51. The fourth-order valence-electron chi connectivity index (χ4n) is 1.81. The fourth-order valence-corrected chi connectivity index (χ4v) is 2.31. The second-order valence-corrected chi connectivity index (χ2v) is 4.92. The van der Waals surface area contributed by atoms with Gasteiger partial charge in [-0.2, -0.15) is 0 Å². The molecule has 2 aromatic heterocycles. The molecule has 0 radical (unpaired) electrons. The third-order valence-corrected chi connectivity index (χ3v) is 3.42. The van der Waals surface area contributed by atoms with Crippen LogP contribution < -0.4 is 4.84 Å². The molecule has 0 aromatic carbocycles. The molecule has 0 aliphatic heterocycles. The molecule has 0 bridgehead atoms. The zero-order valence-electron chi connectivity index (χ0n) is 11.4. The predicted molar refractivity (Wildman–Crippen MR) is 77.7 cm³/mol. The Morgan fingerprint density at radius 2 is 1.91 bits per heavy atom. The first kappa shape index (κ1) is 16.4. The lowest BCUT2D eigenvalue weighted by atomic mass is 10.3. The van der Waals surface area contributed by atoms with Crippen LogP contribution in [0.2, 0.25) is 0 Å². The van der Waals surface area contributed by atoms with Gasteiger partial charge in [0.15, 0.2) is 0 Å². The molecular formula is C12H14Cl2N4O4. The van der Waals surface area contributed by atoms with Crippen molar-refractivity contribution in [1.82, 2.24) is 19.7 Å². The number of hydrogen-bond acceptors (Lipinski definition) is 6. The summed E-state index contributed by atoms with van der Waals surface area (Å²) in [6.07, 6.45) is 0.492. The van der Waals surface area contributed by atoms with Crippen LogP contribution >= 0.6 is 23.2 Å². The van der Waals surface area contributed by atoms with Gasteiger partial charge in [0.25, 0.3) is 0 Å². The van der Waals surface area contributed by atoms with E-state index in [9.17, 15) is 15.0 Å². The quantitative estimate of drug-likeness (QED) is 0.733. The van der Waals surface area contributed by atoms with Crippen LogP contribution in [0, 0.1) is 0 Å².